The third kappa shape index (κ3) is 4.64. The molecule has 0 saturated heterocycles. The van der Waals surface area contributed by atoms with Crippen LogP contribution in [0.25, 0.3) is 76.9 Å². The van der Waals surface area contributed by atoms with Crippen LogP contribution in [0.2, 0.25) is 0 Å². The minimum atomic E-state index is 0.865. The average Bonchev–Trinajstić information content (AvgIpc) is 3.74. The van der Waals surface area contributed by atoms with E-state index in [1.807, 2.05) is 18.2 Å². The lowest BCUT2D eigenvalue weighted by Gasteiger charge is -2.13. The quantitative estimate of drug-likeness (QED) is 0.192. The minimum Gasteiger partial charge on any atom is -0.456 e. The number of furan rings is 2. The topological polar surface area (TPSA) is 26.3 Å². The van der Waals surface area contributed by atoms with Crippen LogP contribution in [-0.4, -0.2) is 0 Å². The third-order valence-electron chi connectivity index (χ3n) is 10.1. The molecule has 50 heavy (non-hydrogen) atoms. The largest absolute Gasteiger partial charge is 0.456 e. The van der Waals surface area contributed by atoms with Crippen molar-refractivity contribution in [2.45, 2.75) is 12.8 Å². The Morgan fingerprint density at radius 1 is 0.360 bits per heavy atom. The molecule has 2 nitrogen and oxygen atoms in total. The molecule has 236 valence electrons. The predicted molar refractivity (Wildman–Crippen MR) is 209 cm³/mol. The summed E-state index contributed by atoms with van der Waals surface area (Å²) in [5.41, 5.74) is 10.8. The summed E-state index contributed by atoms with van der Waals surface area (Å²) in [5, 5.41) is 9.04. The minimum absolute atomic E-state index is 0.865. The molecular formula is C48H32O2. The van der Waals surface area contributed by atoms with Gasteiger partial charge < -0.3 is 8.83 Å². The van der Waals surface area contributed by atoms with Crippen molar-refractivity contribution in [3.63, 3.8) is 0 Å². The van der Waals surface area contributed by atoms with Crippen molar-refractivity contribution in [1.82, 2.24) is 0 Å². The van der Waals surface area contributed by atoms with Crippen molar-refractivity contribution in [1.29, 1.82) is 0 Å². The summed E-state index contributed by atoms with van der Waals surface area (Å²) in [7, 11) is 0. The normalized spacial score (nSPS) is 16.4. The Morgan fingerprint density at radius 3 is 1.68 bits per heavy atom. The maximum Gasteiger partial charge on any atom is 0.143 e. The molecular weight excluding hydrogens is 609 g/mol. The highest BCUT2D eigenvalue weighted by Gasteiger charge is 2.19. The van der Waals surface area contributed by atoms with Crippen LogP contribution >= 0.6 is 0 Å². The standard InChI is InChI=1S/C48H32O2/c1-2-7-17-37(36-19-9-8-18-35(36)34(16-6-1)33-26-24-32(25-27-33)31-14-4-3-5-15-31)40-29-43-39-21-11-13-23-46(39)50-48(43)44-30-47-42(28-41(40)44)38-20-10-12-22-45(38)49-47/h3-30H,1-2H2/b16-6?,17-7+,35-34+,37-36+. The molecule has 10 rings (SSSR count). The van der Waals surface area contributed by atoms with Gasteiger partial charge in [0.05, 0.1) is 0 Å². The Bertz CT molecular complexity index is 2950. The summed E-state index contributed by atoms with van der Waals surface area (Å²) < 4.78 is 13.0. The van der Waals surface area contributed by atoms with Gasteiger partial charge in [-0.15, -0.1) is 0 Å². The summed E-state index contributed by atoms with van der Waals surface area (Å²) in [6.07, 6.45) is 11.2. The molecule has 0 spiro atoms. The lowest BCUT2D eigenvalue weighted by molar-refractivity contribution is 0.667. The third-order valence-corrected chi connectivity index (χ3v) is 10.1. The number of rotatable bonds is 3. The molecule has 1 aliphatic rings. The van der Waals surface area contributed by atoms with Crippen LogP contribution in [0.1, 0.15) is 24.0 Å². The summed E-state index contributed by atoms with van der Waals surface area (Å²) in [5.74, 6) is 0. The van der Waals surface area contributed by atoms with Crippen molar-refractivity contribution >= 4 is 65.8 Å². The second kappa shape index (κ2) is 11.6. The Hall–Kier alpha value is -6.38. The van der Waals surface area contributed by atoms with Crippen LogP contribution in [0.4, 0.5) is 0 Å². The molecule has 1 aliphatic carbocycles. The highest BCUT2D eigenvalue weighted by molar-refractivity contribution is 6.22. The zero-order chi connectivity index (χ0) is 33.0. The fourth-order valence-electron chi connectivity index (χ4n) is 7.72. The Labute approximate surface area is 289 Å². The molecule has 0 fully saturated rings. The summed E-state index contributed by atoms with van der Waals surface area (Å²) in [4.78, 5) is 0. The molecule has 0 N–H and O–H groups in total. The number of allylic oxidation sites excluding steroid dienone is 4. The zero-order valence-electron chi connectivity index (χ0n) is 27.4. The van der Waals surface area contributed by atoms with Crippen molar-refractivity contribution in [3.8, 4) is 11.1 Å². The smallest absolute Gasteiger partial charge is 0.143 e. The van der Waals surface area contributed by atoms with E-state index in [9.17, 15) is 0 Å². The Morgan fingerprint density at radius 2 is 0.920 bits per heavy atom. The van der Waals surface area contributed by atoms with Crippen LogP contribution in [-0.2, 0) is 0 Å². The monoisotopic (exact) mass is 640 g/mol. The van der Waals surface area contributed by atoms with E-state index in [1.165, 1.54) is 43.8 Å². The van der Waals surface area contributed by atoms with E-state index in [4.69, 9.17) is 8.83 Å². The van der Waals surface area contributed by atoms with E-state index in [2.05, 4.69) is 152 Å². The number of fused-ring (bicyclic) bond motifs is 9. The first-order valence-electron chi connectivity index (χ1n) is 17.3. The average molecular weight is 641 g/mol. The highest BCUT2D eigenvalue weighted by Crippen LogP contribution is 2.41. The van der Waals surface area contributed by atoms with Gasteiger partial charge >= 0.3 is 0 Å². The second-order valence-corrected chi connectivity index (χ2v) is 13.1. The molecule has 0 amide bonds. The van der Waals surface area contributed by atoms with Gasteiger partial charge in [-0.1, -0.05) is 140 Å². The lowest BCUT2D eigenvalue weighted by atomic mass is 9.90. The molecule has 0 saturated carbocycles. The van der Waals surface area contributed by atoms with E-state index >= 15 is 0 Å². The van der Waals surface area contributed by atoms with Crippen LogP contribution < -0.4 is 10.4 Å². The van der Waals surface area contributed by atoms with Crippen molar-refractivity contribution in [3.05, 3.63) is 191 Å². The molecule has 9 aromatic rings. The molecule has 0 unspecified atom stereocenters. The lowest BCUT2D eigenvalue weighted by Crippen LogP contribution is -2.29. The van der Waals surface area contributed by atoms with Crippen LogP contribution in [0.3, 0.4) is 0 Å². The van der Waals surface area contributed by atoms with Gasteiger partial charge in [0, 0.05) is 26.9 Å². The summed E-state index contributed by atoms with van der Waals surface area (Å²) in [6.45, 7) is 0. The summed E-state index contributed by atoms with van der Waals surface area (Å²) >= 11 is 0. The van der Waals surface area contributed by atoms with Crippen molar-refractivity contribution < 1.29 is 8.83 Å². The predicted octanol–water partition coefficient (Wildman–Crippen LogP) is 11.6. The molecule has 7 aromatic carbocycles. The van der Waals surface area contributed by atoms with E-state index in [0.717, 1.165) is 67.5 Å². The fourth-order valence-corrected chi connectivity index (χ4v) is 7.72. The molecule has 2 heterocycles. The number of hydrogen-bond donors (Lipinski definition) is 0. The van der Waals surface area contributed by atoms with Gasteiger partial charge in [-0.25, -0.2) is 0 Å². The first-order valence-corrected chi connectivity index (χ1v) is 17.3. The van der Waals surface area contributed by atoms with Gasteiger partial charge in [0.15, 0.2) is 0 Å². The Balaban J connectivity index is 1.33. The molecule has 2 heteroatoms. The number of hydrogen-bond acceptors (Lipinski definition) is 2. The second-order valence-electron chi connectivity index (χ2n) is 13.1. The maximum absolute atomic E-state index is 6.62. The highest BCUT2D eigenvalue weighted by atomic mass is 16.3. The van der Waals surface area contributed by atoms with Crippen molar-refractivity contribution in [2.75, 3.05) is 0 Å². The van der Waals surface area contributed by atoms with Gasteiger partial charge in [0.2, 0.25) is 0 Å². The molecule has 0 atom stereocenters. The first-order chi connectivity index (χ1) is 24.8. The number of benzene rings is 7. The van der Waals surface area contributed by atoms with E-state index in [1.54, 1.807) is 0 Å². The molecule has 2 aromatic heterocycles. The molecule has 0 bridgehead atoms. The SMILES string of the molecule is C1=C/C(c2ccc(-c3ccccc3)cc2)=c2/cccc/c2=C(c2cc3c4ccccc4oc3c3cc4oc5ccccc5c4cc23)/C=C/CC1. The van der Waals surface area contributed by atoms with Gasteiger partial charge in [0.25, 0.3) is 0 Å². The Kier molecular flexibility index (Phi) is 6.67. The van der Waals surface area contributed by atoms with E-state index in [0.29, 0.717) is 0 Å². The molecule has 0 radical (unpaired) electrons. The van der Waals surface area contributed by atoms with Crippen molar-refractivity contribution in [2.24, 2.45) is 0 Å². The van der Waals surface area contributed by atoms with E-state index < -0.39 is 0 Å². The van der Waals surface area contributed by atoms with Crippen LogP contribution in [0.5, 0.6) is 0 Å². The van der Waals surface area contributed by atoms with E-state index in [-0.39, 0.29) is 0 Å². The maximum atomic E-state index is 6.62. The van der Waals surface area contributed by atoms with Gasteiger partial charge in [-0.2, -0.15) is 0 Å². The first kappa shape index (κ1) is 28.6. The zero-order valence-corrected chi connectivity index (χ0v) is 27.4. The van der Waals surface area contributed by atoms with Gasteiger partial charge in [-0.05, 0) is 92.4 Å². The van der Waals surface area contributed by atoms with Gasteiger partial charge in [-0.3, -0.25) is 0 Å². The van der Waals surface area contributed by atoms with Crippen LogP contribution in [0, 0.1) is 0 Å². The fraction of sp³-hybridized carbons (Fsp3) is 0.0417. The van der Waals surface area contributed by atoms with Crippen LogP contribution in [0.15, 0.2) is 179 Å². The number of para-hydroxylation sites is 2. The van der Waals surface area contributed by atoms with Gasteiger partial charge in [0.1, 0.15) is 22.3 Å². The molecule has 0 aliphatic heterocycles. The summed E-state index contributed by atoms with van der Waals surface area (Å²) in [6, 6.07) is 52.0.